The van der Waals surface area contributed by atoms with Crippen LogP contribution >= 0.6 is 23.2 Å². The van der Waals surface area contributed by atoms with Gasteiger partial charge >= 0.3 is 54.0 Å². The van der Waals surface area contributed by atoms with Crippen LogP contribution in [0.25, 0.3) is 34.0 Å². The van der Waals surface area contributed by atoms with E-state index in [4.69, 9.17) is 43.9 Å². The molecule has 0 radical (unpaired) electrons. The van der Waals surface area contributed by atoms with Crippen molar-refractivity contribution in [2.75, 3.05) is 33.2 Å². The summed E-state index contributed by atoms with van der Waals surface area (Å²) in [6.07, 6.45) is 0.300. The molecule has 4 saturated carbocycles. The van der Waals surface area contributed by atoms with E-state index in [9.17, 15) is 102 Å². The quantitative estimate of drug-likeness (QED) is 0.0103. The van der Waals surface area contributed by atoms with E-state index in [1.807, 2.05) is 0 Å². The third-order valence-corrected chi connectivity index (χ3v) is 28.6. The Hall–Kier alpha value is -9.84. The number of hydrogen-bond donors (Lipinski definition) is 11. The number of nitrogens with one attached hydrogen (secondary N) is 6. The number of aromatic carboxylic acids is 1. The molecule has 4 aliphatic rings. The number of carbonyl (C=O) groups excluding carboxylic acids is 2. The third kappa shape index (κ3) is 33.9. The number of hydrogen-bond acceptors (Lipinski definition) is 20. The van der Waals surface area contributed by atoms with Crippen molar-refractivity contribution in [2.24, 2.45) is 5.73 Å². The number of rotatable bonds is 33. The molecule has 9 aromatic carbocycles. The molecule has 0 unspecified atom stereocenters. The molecule has 11 aromatic rings. The van der Waals surface area contributed by atoms with Gasteiger partial charge in [0.05, 0.1) is 87.3 Å². The average molecular weight is 2080 g/mol. The number of sulfonamides is 4. The van der Waals surface area contributed by atoms with Crippen LogP contribution in [-0.2, 0) is 102 Å². The maximum atomic E-state index is 13.7. The number of aliphatic hydroxyl groups excluding tert-OH is 3. The number of aromatic nitrogens is 2. The smallest absolute Gasteiger partial charge is 0.870 e. The van der Waals surface area contributed by atoms with Gasteiger partial charge in [-0.05, 0) is 243 Å². The van der Waals surface area contributed by atoms with E-state index >= 15 is 0 Å². The normalized spacial score (nSPS) is 14.4. The van der Waals surface area contributed by atoms with Crippen LogP contribution in [0, 0.1) is 0 Å². The SMILES string of the molecule is C=Cc1ccc(S(=O)(=O)NC2CC2)cc1.C=Cc1ccc([S-](=O)=O)cc1.CC(C)(C)OC(=O)N[C@@H](CO)c1ccc(S(=O)(=O)NC2CC2)cc1.N[C@@H](CO)c1ccc(S(=O)(=O)NC2CC2)cc1.O=C(N[C@@H](CO)c1ccc(S(=O)(=O)NC2CC2)cc1)c1ccc2c(c1)cc(Cc1ccc(Cl)cc1C(F)(F)F)n2CCF.O=C(O)c1ccc2c(c1)cc(Cc1ccc(Cl)cc1C(F)(F)F)n2CCF.[Na+].[OH-]. The standard InChI is InChI=1S/C30H28ClF4N3O4S.C19H14ClF4NO2.C16H24N2O5S.C11H16N2O3S.C11H13NO2S.C8H7O2S.Na.H2O/c31-22-5-1-19(26(16-22)30(33,34)35)14-24-15-21-13-20(4-10-28(21)38(24)12-11-32)29(40)36-27(17-39)18-2-8-25(9-3-18)43(41,42)37-23-6-7-23;20-14-3-1-11(16(10-14)19(22,23)24)8-15-9-13-7-12(18(26)27)2-4-17(13)25(15)6-5-21;1-16(2,3)23-15(20)17-14(10-19)11-4-8-13(9-5-11)24(21,22)18-12-6-7-12;12-11(7-14)8-1-5-10(6-2-8)17(15,16)13-9-3-4-9;1-2-9-3-7-11(8-4-9)15(13,14)12-10-5-6-10;1-2-7-3-5-8(6-4-7)11(9)10;;/h1-5,8-10,13,15-16,23,27,37,39H,6-7,11-12,14,17H2,(H,36,40);1-4,7,9-10H,5-6,8H2,(H,26,27);4-5,8-9,12,14,18-19H,6-7,10H2,1-3H3,(H,17,20);1-2,5-6,9,11,13-14H,3-4,7,12H2;2-4,7-8,10,12H,1,5-6H2;2-6H,1H2;;1H2/q;;;;;-1;+1;/p-1/t27-;;14-;11-;;;;/m0.00..../s1. The predicted octanol–water partition coefficient (Wildman–Crippen LogP) is 13.7. The molecular weight excluding hydrogens is 1980 g/mol. The summed E-state index contributed by atoms with van der Waals surface area (Å²) in [5.41, 5.74) is 9.13. The Balaban J connectivity index is 0.000000215. The van der Waals surface area contributed by atoms with Crippen molar-refractivity contribution < 1.29 is 152 Å². The molecule has 28 nitrogen and oxygen atoms in total. The van der Waals surface area contributed by atoms with Crippen molar-refractivity contribution in [3.8, 4) is 0 Å². The molecule has 0 bridgehead atoms. The number of halogens is 10. The van der Waals surface area contributed by atoms with Gasteiger partial charge in [0.1, 0.15) is 19.0 Å². The number of amides is 2. The number of alkyl halides is 8. The van der Waals surface area contributed by atoms with Gasteiger partial charge in [-0.3, -0.25) is 4.79 Å². The van der Waals surface area contributed by atoms with Crippen LogP contribution < -0.4 is 64.8 Å². The maximum absolute atomic E-state index is 13.7. The zero-order chi connectivity index (χ0) is 100. The number of nitrogens with zero attached hydrogens (tertiary/aromatic N) is 2. The Morgan fingerprint density at radius 3 is 1.12 bits per heavy atom. The van der Waals surface area contributed by atoms with Crippen molar-refractivity contribution in [3.63, 3.8) is 0 Å². The largest absolute Gasteiger partial charge is 1.00 e. The molecule has 2 heterocycles. The summed E-state index contributed by atoms with van der Waals surface area (Å²) in [4.78, 5) is 37.2. The number of nitrogens with two attached hydrogens (primary N) is 1. The van der Waals surface area contributed by atoms with Crippen molar-refractivity contribution in [1.82, 2.24) is 38.7 Å². The summed E-state index contributed by atoms with van der Waals surface area (Å²) in [5.74, 6) is -1.65. The van der Waals surface area contributed by atoms with E-state index in [1.165, 1.54) is 97.1 Å². The van der Waals surface area contributed by atoms with Crippen LogP contribution in [0.5, 0.6) is 0 Å². The van der Waals surface area contributed by atoms with Gasteiger partial charge in [0.25, 0.3) is 5.91 Å². The summed E-state index contributed by atoms with van der Waals surface area (Å²) in [6.45, 7) is 9.87. The van der Waals surface area contributed by atoms with E-state index in [0.29, 0.717) is 54.1 Å². The number of aryl methyl sites for hydroxylation is 2. The summed E-state index contributed by atoms with van der Waals surface area (Å²) >= 11 is 11.5. The van der Waals surface area contributed by atoms with E-state index < -0.39 is 136 Å². The Morgan fingerprint density at radius 2 is 0.813 bits per heavy atom. The van der Waals surface area contributed by atoms with E-state index in [1.54, 1.807) is 139 Å². The zero-order valence-electron chi connectivity index (χ0n) is 75.5. The van der Waals surface area contributed by atoms with E-state index in [2.05, 4.69) is 42.7 Å². The minimum atomic E-state index is -4.63. The number of alkyl carbamates (subject to hydrolysis) is 1. The van der Waals surface area contributed by atoms with Crippen LogP contribution in [-0.4, -0.2) is 150 Å². The van der Waals surface area contributed by atoms with Gasteiger partial charge in [0.2, 0.25) is 40.1 Å². The average Bonchev–Trinajstić information content (AvgIpc) is 1.64. The van der Waals surface area contributed by atoms with E-state index in [0.717, 1.165) is 80.2 Å². The van der Waals surface area contributed by atoms with Gasteiger partial charge in [-0.1, -0.05) is 138 Å². The fraction of sp³-hybridized carbons (Fsp3) is 0.316. The van der Waals surface area contributed by atoms with Gasteiger partial charge in [-0.15, -0.1) is 0 Å². The first-order valence-corrected chi connectivity index (χ1v) is 50.5. The molecule has 4 fully saturated rings. The van der Waals surface area contributed by atoms with Crippen LogP contribution in [0.1, 0.15) is 172 Å². The molecule has 3 atom stereocenters. The molecule has 44 heteroatoms. The Bertz CT molecular complexity index is 6670. The van der Waals surface area contributed by atoms with Gasteiger partial charge in [0.15, 0.2) is 0 Å². The Morgan fingerprint density at radius 1 is 0.482 bits per heavy atom. The molecule has 15 rings (SSSR count). The number of fused-ring (bicyclic) bond motifs is 2. The monoisotopic (exact) mass is 2080 g/mol. The van der Waals surface area contributed by atoms with Crippen molar-refractivity contribution in [1.29, 1.82) is 0 Å². The number of carboxylic acid groups (broad SMARTS) is 1. The van der Waals surface area contributed by atoms with Crippen LogP contribution in [0.3, 0.4) is 0 Å². The first-order valence-electron chi connectivity index (χ1n) is 42.7. The van der Waals surface area contributed by atoms with Gasteiger partial charge in [-0.25, -0.2) is 70.9 Å². The molecule has 0 saturated heterocycles. The molecule has 139 heavy (non-hydrogen) atoms. The van der Waals surface area contributed by atoms with Crippen molar-refractivity contribution in [3.05, 3.63) is 302 Å². The molecule has 4 aliphatic carbocycles. The maximum Gasteiger partial charge on any atom is 1.00 e. The summed E-state index contributed by atoms with van der Waals surface area (Å²) in [5, 5.41) is 43.7. The van der Waals surface area contributed by atoms with Crippen LogP contribution in [0.4, 0.5) is 39.9 Å². The molecule has 0 aliphatic heterocycles. The number of carboxylic acids is 1. The second-order valence-corrected chi connectivity index (χ2v) is 41.9. The van der Waals surface area contributed by atoms with Crippen LogP contribution in [0.15, 0.2) is 244 Å². The third-order valence-electron chi connectivity index (χ3n) is 21.3. The van der Waals surface area contributed by atoms with Gasteiger partial charge in [-0.2, -0.15) is 26.3 Å². The molecule has 13 N–H and O–H groups in total. The summed E-state index contributed by atoms with van der Waals surface area (Å²) in [7, 11) is -16.0. The summed E-state index contributed by atoms with van der Waals surface area (Å²) < 4.78 is 243. The first kappa shape index (κ1) is 114. The minimum absolute atomic E-state index is 0. The molecule has 2 amide bonds. The Labute approximate surface area is 833 Å². The van der Waals surface area contributed by atoms with Gasteiger partial charge < -0.3 is 64.6 Å². The fourth-order valence-corrected chi connectivity index (χ4v) is 19.5. The minimum Gasteiger partial charge on any atom is -0.870 e. The number of benzene rings is 9. The number of ether oxygens (including phenoxy) is 1. The van der Waals surface area contributed by atoms with Gasteiger partial charge in [0, 0.05) is 85.8 Å². The topological polar surface area (TPSA) is 450 Å². The van der Waals surface area contributed by atoms with Crippen molar-refractivity contribution in [2.45, 2.75) is 183 Å². The van der Waals surface area contributed by atoms with E-state index in [-0.39, 0.29) is 145 Å². The zero-order valence-corrected chi connectivity index (χ0v) is 83.1. The molecule has 744 valence electrons. The van der Waals surface area contributed by atoms with Crippen LogP contribution in [0.2, 0.25) is 10.0 Å². The molecular formula is C95H103Cl2F8N9NaO19S5-. The number of aliphatic hydroxyl groups is 3. The number of carbonyl (C=O) groups is 3. The second-order valence-electron chi connectivity index (χ2n) is 33.2. The second kappa shape index (κ2) is 50.2. The molecule has 2 aromatic heterocycles. The first-order chi connectivity index (χ1) is 64.6. The predicted molar refractivity (Wildman–Crippen MR) is 507 cm³/mol. The molecule has 0 spiro atoms. The fourth-order valence-electron chi connectivity index (χ4n) is 13.6. The Kier molecular flexibility index (Phi) is 41.3. The summed E-state index contributed by atoms with van der Waals surface area (Å²) in [6, 6.07) is 48.8. The van der Waals surface area contributed by atoms with Crippen molar-refractivity contribution >= 4 is 126 Å².